The first kappa shape index (κ1) is 23.2. The lowest BCUT2D eigenvalue weighted by Crippen LogP contribution is -2.30. The molecule has 0 radical (unpaired) electrons. The Hall–Kier alpha value is -2.11. The molecule has 0 aliphatic carbocycles. The predicted molar refractivity (Wildman–Crippen MR) is 122 cm³/mol. The number of hydroxylamine groups is 1. The van der Waals surface area contributed by atoms with Crippen LogP contribution in [0, 0.1) is 5.92 Å². The van der Waals surface area contributed by atoms with Gasteiger partial charge in [-0.25, -0.2) is 4.98 Å². The van der Waals surface area contributed by atoms with Gasteiger partial charge in [-0.05, 0) is 36.2 Å². The van der Waals surface area contributed by atoms with Gasteiger partial charge in [0.05, 0.1) is 17.1 Å². The average Bonchev–Trinajstić information content (AvgIpc) is 3.07. The Bertz CT molecular complexity index is 840. The molecule has 2 aromatic heterocycles. The molecule has 0 saturated carbocycles. The normalized spacial score (nSPS) is 12.6. The average molecular weight is 399 g/mol. The van der Waals surface area contributed by atoms with Crippen molar-refractivity contribution in [2.45, 2.75) is 66.3 Å². The van der Waals surface area contributed by atoms with Crippen LogP contribution in [0.3, 0.4) is 0 Å². The summed E-state index contributed by atoms with van der Waals surface area (Å²) in [6.45, 7) is 20.3. The Morgan fingerprint density at radius 1 is 1.31 bits per heavy atom. The summed E-state index contributed by atoms with van der Waals surface area (Å²) in [5.74, 6) is 0.734. The SMILES string of the molecule is C=C(/C=C/c1ccn2c(CN(CC)CC(CC)CC)c(C(C)(C)C)nc2c1)NO. The van der Waals surface area contributed by atoms with Crippen molar-refractivity contribution >= 4 is 11.7 Å². The Morgan fingerprint density at radius 3 is 2.55 bits per heavy atom. The summed E-state index contributed by atoms with van der Waals surface area (Å²) in [6.07, 6.45) is 8.20. The van der Waals surface area contributed by atoms with E-state index in [1.165, 1.54) is 18.5 Å². The molecule has 0 fully saturated rings. The molecule has 160 valence electrons. The number of allylic oxidation sites excluding steroid dienone is 1. The van der Waals surface area contributed by atoms with Gasteiger partial charge in [0, 0.05) is 24.7 Å². The zero-order valence-corrected chi connectivity index (χ0v) is 19.0. The van der Waals surface area contributed by atoms with Gasteiger partial charge in [-0.1, -0.05) is 67.0 Å². The van der Waals surface area contributed by atoms with E-state index in [0.717, 1.165) is 42.5 Å². The van der Waals surface area contributed by atoms with Crippen LogP contribution in [0.4, 0.5) is 0 Å². The van der Waals surface area contributed by atoms with E-state index in [2.05, 4.69) is 81.2 Å². The van der Waals surface area contributed by atoms with Crippen LogP contribution in [-0.4, -0.2) is 32.6 Å². The zero-order chi connectivity index (χ0) is 21.6. The zero-order valence-electron chi connectivity index (χ0n) is 19.0. The number of hydrogen-bond acceptors (Lipinski definition) is 4. The molecule has 0 spiro atoms. The second kappa shape index (κ2) is 10.1. The molecule has 2 aromatic rings. The minimum Gasteiger partial charge on any atom is -0.302 e. The molecule has 0 saturated heterocycles. The minimum atomic E-state index is -0.0270. The smallest absolute Gasteiger partial charge is 0.137 e. The Balaban J connectivity index is 2.43. The number of nitrogens with zero attached hydrogens (tertiary/aromatic N) is 3. The van der Waals surface area contributed by atoms with Gasteiger partial charge in [-0.2, -0.15) is 0 Å². The monoisotopic (exact) mass is 398 g/mol. The van der Waals surface area contributed by atoms with Gasteiger partial charge >= 0.3 is 0 Å². The number of rotatable bonds is 10. The van der Waals surface area contributed by atoms with Gasteiger partial charge in [0.15, 0.2) is 0 Å². The molecule has 0 unspecified atom stereocenters. The third-order valence-electron chi connectivity index (χ3n) is 5.57. The summed E-state index contributed by atoms with van der Waals surface area (Å²) >= 11 is 0. The lowest BCUT2D eigenvalue weighted by molar-refractivity contribution is 0.205. The van der Waals surface area contributed by atoms with E-state index in [-0.39, 0.29) is 5.41 Å². The highest BCUT2D eigenvalue weighted by molar-refractivity contribution is 5.59. The van der Waals surface area contributed by atoms with Crippen molar-refractivity contribution in [3.63, 3.8) is 0 Å². The molecule has 0 atom stereocenters. The van der Waals surface area contributed by atoms with Crippen molar-refractivity contribution in [3.05, 3.63) is 53.6 Å². The van der Waals surface area contributed by atoms with E-state index in [4.69, 9.17) is 10.2 Å². The van der Waals surface area contributed by atoms with Crippen molar-refractivity contribution in [1.82, 2.24) is 19.8 Å². The lowest BCUT2D eigenvalue weighted by atomic mass is 9.90. The molecule has 2 rings (SSSR count). The maximum absolute atomic E-state index is 8.90. The standard InChI is InChI=1S/C24H38N4O/c1-8-19(9-2)16-27(10-3)17-21-23(24(5,6)7)25-22-15-20(13-14-28(21)22)12-11-18(4)26-29/h11-15,19,26,29H,4,8-10,16-17H2,1-3,5-7H3/b12-11+. The number of nitrogens with one attached hydrogen (secondary N) is 1. The van der Waals surface area contributed by atoms with E-state index < -0.39 is 0 Å². The maximum Gasteiger partial charge on any atom is 0.137 e. The molecule has 0 aliphatic rings. The Labute approximate surface area is 176 Å². The minimum absolute atomic E-state index is 0.0270. The van der Waals surface area contributed by atoms with E-state index in [0.29, 0.717) is 5.70 Å². The highest BCUT2D eigenvalue weighted by Gasteiger charge is 2.25. The molecule has 2 N–H and O–H groups in total. The molecular formula is C24H38N4O. The largest absolute Gasteiger partial charge is 0.302 e. The first-order chi connectivity index (χ1) is 13.7. The van der Waals surface area contributed by atoms with Crippen LogP contribution in [0.15, 0.2) is 36.7 Å². The number of fused-ring (bicyclic) bond motifs is 1. The van der Waals surface area contributed by atoms with Crippen molar-refractivity contribution in [3.8, 4) is 0 Å². The van der Waals surface area contributed by atoms with Crippen LogP contribution in [0.1, 0.15) is 71.3 Å². The topological polar surface area (TPSA) is 52.8 Å². The van der Waals surface area contributed by atoms with Gasteiger partial charge in [-0.3, -0.25) is 15.6 Å². The third kappa shape index (κ3) is 5.94. The molecule has 29 heavy (non-hydrogen) atoms. The fourth-order valence-electron chi connectivity index (χ4n) is 3.63. The quantitative estimate of drug-likeness (QED) is 0.416. The molecule has 5 nitrogen and oxygen atoms in total. The second-order valence-electron chi connectivity index (χ2n) is 8.83. The summed E-state index contributed by atoms with van der Waals surface area (Å²) in [4.78, 5) is 7.56. The molecule has 0 aromatic carbocycles. The van der Waals surface area contributed by atoms with Gasteiger partial charge in [0.2, 0.25) is 0 Å². The third-order valence-corrected chi connectivity index (χ3v) is 5.57. The molecular weight excluding hydrogens is 360 g/mol. The van der Waals surface area contributed by atoms with Gasteiger partial charge in [0.1, 0.15) is 5.65 Å². The van der Waals surface area contributed by atoms with Gasteiger partial charge in [0.25, 0.3) is 0 Å². The number of hydrogen-bond donors (Lipinski definition) is 2. The van der Waals surface area contributed by atoms with Gasteiger partial charge < -0.3 is 4.40 Å². The summed E-state index contributed by atoms with van der Waals surface area (Å²) in [5, 5.41) is 8.90. The fraction of sp³-hybridized carbons (Fsp3) is 0.542. The van der Waals surface area contributed by atoms with Crippen molar-refractivity contribution in [2.24, 2.45) is 5.92 Å². The van der Waals surface area contributed by atoms with Crippen LogP contribution in [0.5, 0.6) is 0 Å². The second-order valence-corrected chi connectivity index (χ2v) is 8.83. The van der Waals surface area contributed by atoms with E-state index >= 15 is 0 Å². The number of imidazole rings is 1. The van der Waals surface area contributed by atoms with E-state index in [1.807, 2.05) is 6.08 Å². The van der Waals surface area contributed by atoms with Crippen molar-refractivity contribution in [2.75, 3.05) is 13.1 Å². The van der Waals surface area contributed by atoms with Crippen LogP contribution in [0.2, 0.25) is 0 Å². The van der Waals surface area contributed by atoms with Crippen LogP contribution in [-0.2, 0) is 12.0 Å². The highest BCUT2D eigenvalue weighted by atomic mass is 16.5. The first-order valence-corrected chi connectivity index (χ1v) is 10.7. The number of pyridine rings is 1. The Kier molecular flexibility index (Phi) is 8.05. The fourth-order valence-corrected chi connectivity index (χ4v) is 3.63. The van der Waals surface area contributed by atoms with Gasteiger partial charge in [-0.15, -0.1) is 0 Å². The van der Waals surface area contributed by atoms with E-state index in [1.54, 1.807) is 6.08 Å². The van der Waals surface area contributed by atoms with Crippen LogP contribution in [0.25, 0.3) is 11.7 Å². The summed E-state index contributed by atoms with van der Waals surface area (Å²) < 4.78 is 2.23. The van der Waals surface area contributed by atoms with Crippen molar-refractivity contribution < 1.29 is 5.21 Å². The molecule has 5 heteroatoms. The Morgan fingerprint density at radius 2 is 2.00 bits per heavy atom. The molecule has 0 amide bonds. The lowest BCUT2D eigenvalue weighted by Gasteiger charge is -2.27. The summed E-state index contributed by atoms with van der Waals surface area (Å²) in [6, 6.07) is 4.15. The first-order valence-electron chi connectivity index (χ1n) is 10.7. The number of aromatic nitrogens is 2. The van der Waals surface area contributed by atoms with Crippen LogP contribution >= 0.6 is 0 Å². The molecule has 0 aliphatic heterocycles. The van der Waals surface area contributed by atoms with Crippen molar-refractivity contribution in [1.29, 1.82) is 0 Å². The summed E-state index contributed by atoms with van der Waals surface area (Å²) in [7, 11) is 0. The molecule has 2 heterocycles. The van der Waals surface area contributed by atoms with E-state index in [9.17, 15) is 0 Å². The summed E-state index contributed by atoms with van der Waals surface area (Å²) in [5.41, 5.74) is 6.88. The van der Waals surface area contributed by atoms with Crippen LogP contribution < -0.4 is 5.48 Å². The highest BCUT2D eigenvalue weighted by Crippen LogP contribution is 2.28. The molecule has 0 bridgehead atoms. The maximum atomic E-state index is 8.90. The predicted octanol–water partition coefficient (Wildman–Crippen LogP) is 5.40.